The van der Waals surface area contributed by atoms with Gasteiger partial charge in [-0.1, -0.05) is 13.0 Å². The van der Waals surface area contributed by atoms with Crippen molar-refractivity contribution in [3.8, 4) is 56.9 Å². The summed E-state index contributed by atoms with van der Waals surface area (Å²) in [4.78, 5) is 127. The van der Waals surface area contributed by atoms with Gasteiger partial charge in [0, 0.05) is 171 Å². The molecular weight excluding hydrogens is 1890 g/mol. The van der Waals surface area contributed by atoms with Crippen LogP contribution in [0, 0.1) is 69.2 Å². The molecule has 20 aromatic rings. The number of anilines is 4. The molecule has 0 atom stereocenters. The van der Waals surface area contributed by atoms with Crippen LogP contribution in [-0.2, 0) is 0 Å². The van der Waals surface area contributed by atoms with Gasteiger partial charge in [-0.05, 0) is 245 Å². The first-order chi connectivity index (χ1) is 72.3. The van der Waals surface area contributed by atoms with Crippen molar-refractivity contribution >= 4 is 84.1 Å². The molecule has 1 aliphatic carbocycles. The third-order valence-corrected chi connectivity index (χ3v) is 29.2. The number of piperazine rings is 3. The Balaban J connectivity index is 0.000000106. The molecule has 5 fully saturated rings. The number of fused-ring (bicyclic) bond motifs is 10. The van der Waals surface area contributed by atoms with E-state index in [1.54, 1.807) is 74.9 Å². The summed E-state index contributed by atoms with van der Waals surface area (Å²) in [6.07, 6.45) is 27.0. The lowest BCUT2D eigenvalue weighted by atomic mass is 10.0. The van der Waals surface area contributed by atoms with Crippen molar-refractivity contribution in [2.75, 3.05) is 138 Å². The highest BCUT2D eigenvalue weighted by Crippen LogP contribution is 2.33. The second-order valence-corrected chi connectivity index (χ2v) is 40.9. The maximum atomic E-state index is 12.9. The van der Waals surface area contributed by atoms with Gasteiger partial charge < -0.3 is 40.0 Å². The van der Waals surface area contributed by atoms with Crippen LogP contribution in [0.15, 0.2) is 213 Å². The molecule has 39 heteroatoms. The summed E-state index contributed by atoms with van der Waals surface area (Å²) >= 11 is 0. The van der Waals surface area contributed by atoms with Gasteiger partial charge in [0.15, 0.2) is 0 Å². The molecule has 4 saturated heterocycles. The molecule has 6 aliphatic rings. The van der Waals surface area contributed by atoms with E-state index in [1.165, 1.54) is 18.4 Å². The average molecular weight is 2010 g/mol. The van der Waals surface area contributed by atoms with Crippen LogP contribution in [-0.4, -0.2) is 271 Å². The smallest absolute Gasteiger partial charge is 0.258 e. The van der Waals surface area contributed by atoms with Crippen molar-refractivity contribution in [2.45, 2.75) is 140 Å². The molecule has 5 aliphatic heterocycles. The molecule has 0 unspecified atom stereocenters. The lowest BCUT2D eigenvalue weighted by Gasteiger charge is -2.40. The zero-order valence-corrected chi connectivity index (χ0v) is 87.3. The standard InChI is InChI=1S/C23H25N7O.C23H27N7O.2C22H25N7O.C21H20N6O/c1-15-13-30-21(16(2)24-15)11-20(26-30)19-12-23(31)29-14-18(5-6-22(29)25-19)28-9-7-27(8-10-28)17-3-4-17;1-15-13-30-21(16(2)24-15)11-20(26-30)19-12-23(31)29-14-18(5-6-22(29)25-19)28-9-7-17(8-10-28)27(3)4;1-14-11-29-19(15(2)24-14)9-18(26-29)17-10-21(30)28-12-16(5-6-20(28)25-17)27-8-7-23-22(3,4)13-27;1-4-26-7-9-27(10-8-26)17-5-6-21-24-18(12-22(30)28(21)14-17)19-11-20-16(3)23-15(2)13-29(20)25-19;1-13-11-27-19(14(2)23-13)9-18(25-27)17-10-21(28)26-12-16(3-4-20(26)24-17)15-5-7-22-8-6-15/h5-6,11-14,17H,3-4,7-10H2,1-2H3;5-6,11-14,17H,7-10H2,1-4H3;5-6,9-12,23H,7-8,13H2,1-4H3;5-6,11-14H,4,7-10H2,1-3H3;3-5,9-12,22H,6-8H2,1-2H3. The molecule has 766 valence electrons. The van der Waals surface area contributed by atoms with Crippen molar-refractivity contribution in [1.29, 1.82) is 0 Å². The Morgan fingerprint density at radius 3 is 0.953 bits per heavy atom. The molecule has 150 heavy (non-hydrogen) atoms. The first-order valence-electron chi connectivity index (χ1n) is 51.5. The number of aromatic nitrogens is 25. The molecule has 2 N–H and O–H groups in total. The zero-order valence-electron chi connectivity index (χ0n) is 87.3. The molecule has 0 spiro atoms. The van der Waals surface area contributed by atoms with Crippen molar-refractivity contribution in [1.82, 2.24) is 145 Å². The van der Waals surface area contributed by atoms with Gasteiger partial charge in [-0.25, -0.2) is 47.5 Å². The van der Waals surface area contributed by atoms with Crippen molar-refractivity contribution in [2.24, 2.45) is 0 Å². The van der Waals surface area contributed by atoms with Gasteiger partial charge in [0.05, 0.1) is 167 Å². The van der Waals surface area contributed by atoms with E-state index in [1.807, 2.05) is 210 Å². The zero-order chi connectivity index (χ0) is 104. The highest BCUT2D eigenvalue weighted by atomic mass is 16.1. The summed E-state index contributed by atoms with van der Waals surface area (Å²) in [6, 6.07) is 38.7. The van der Waals surface area contributed by atoms with E-state index >= 15 is 0 Å². The summed E-state index contributed by atoms with van der Waals surface area (Å²) in [5.41, 5.74) is 28.9. The summed E-state index contributed by atoms with van der Waals surface area (Å²) in [5, 5.41) is 29.9. The van der Waals surface area contributed by atoms with E-state index in [4.69, 9.17) is 19.9 Å². The van der Waals surface area contributed by atoms with Crippen molar-refractivity contribution in [3.63, 3.8) is 0 Å². The maximum Gasteiger partial charge on any atom is 0.258 e. The lowest BCUT2D eigenvalue weighted by molar-refractivity contribution is 0.248. The largest absolute Gasteiger partial charge is 0.370 e. The molecule has 20 aromatic heterocycles. The van der Waals surface area contributed by atoms with Crippen LogP contribution < -0.4 is 58.0 Å². The highest BCUT2D eigenvalue weighted by Gasteiger charge is 2.33. The molecule has 26 rings (SSSR count). The Hall–Kier alpha value is -16.4. The fraction of sp³-hybridized carbons (Fsp3) is 0.351. The van der Waals surface area contributed by atoms with Crippen LogP contribution in [0.5, 0.6) is 0 Å². The predicted octanol–water partition coefficient (Wildman–Crippen LogP) is 11.6. The summed E-state index contributed by atoms with van der Waals surface area (Å²) in [6.45, 7) is 41.8. The van der Waals surface area contributed by atoms with Crippen LogP contribution in [0.1, 0.15) is 115 Å². The number of piperidine rings is 1. The third kappa shape index (κ3) is 20.4. The average Bonchev–Trinajstić information content (AvgIpc) is 1.50. The van der Waals surface area contributed by atoms with Gasteiger partial charge in [0.25, 0.3) is 27.8 Å². The first-order valence-corrected chi connectivity index (χ1v) is 51.5. The van der Waals surface area contributed by atoms with Gasteiger partial charge >= 0.3 is 0 Å². The molecular formula is C111H122N34O5. The summed E-state index contributed by atoms with van der Waals surface area (Å²) in [7, 11) is 4.28. The predicted molar refractivity (Wildman–Crippen MR) is 584 cm³/mol. The molecule has 25 heterocycles. The lowest BCUT2D eigenvalue weighted by Crippen LogP contribution is -2.57. The number of hydrogen-bond acceptors (Lipinski definition) is 29. The van der Waals surface area contributed by atoms with Crippen LogP contribution in [0.3, 0.4) is 0 Å². The van der Waals surface area contributed by atoms with E-state index in [9.17, 15) is 24.0 Å². The highest BCUT2D eigenvalue weighted by molar-refractivity contribution is 5.74. The van der Waals surface area contributed by atoms with Gasteiger partial charge in [-0.3, -0.25) is 75.8 Å². The second-order valence-electron chi connectivity index (χ2n) is 40.9. The van der Waals surface area contributed by atoms with E-state index in [0.29, 0.717) is 91.2 Å². The fourth-order valence-electron chi connectivity index (χ4n) is 21.1. The van der Waals surface area contributed by atoms with E-state index in [-0.39, 0.29) is 33.3 Å². The Morgan fingerprint density at radius 1 is 0.333 bits per heavy atom. The number of rotatable bonds is 13. The van der Waals surface area contributed by atoms with Crippen LogP contribution in [0.2, 0.25) is 0 Å². The molecule has 0 radical (unpaired) electrons. The molecule has 0 amide bonds. The van der Waals surface area contributed by atoms with Crippen molar-refractivity contribution in [3.05, 3.63) is 304 Å². The summed E-state index contributed by atoms with van der Waals surface area (Å²) in [5.74, 6) is 0. The quantitative estimate of drug-likeness (QED) is 0.108. The maximum absolute atomic E-state index is 12.9. The molecule has 39 nitrogen and oxygen atoms in total. The Kier molecular flexibility index (Phi) is 26.5. The minimum absolute atomic E-state index is 0.0365. The number of nitrogens with one attached hydrogen (secondary N) is 2. The van der Waals surface area contributed by atoms with Gasteiger partial charge in [-0.2, -0.15) is 25.5 Å². The van der Waals surface area contributed by atoms with E-state index in [0.717, 1.165) is 243 Å². The Labute approximate surface area is 863 Å². The van der Waals surface area contributed by atoms with E-state index in [2.05, 4.69) is 153 Å². The first kappa shape index (κ1) is 98.3. The number of nitrogens with zero attached hydrogens (tertiary/aromatic N) is 32. The Bertz CT molecular complexity index is 8840. The van der Waals surface area contributed by atoms with Crippen LogP contribution >= 0.6 is 0 Å². The minimum atomic E-state index is -0.116. The fourth-order valence-corrected chi connectivity index (χ4v) is 21.1. The normalized spacial score (nSPS) is 15.9. The topological polar surface area (TPSA) is 370 Å². The molecule has 1 saturated carbocycles. The van der Waals surface area contributed by atoms with E-state index < -0.39 is 0 Å². The number of pyridine rings is 5. The summed E-state index contributed by atoms with van der Waals surface area (Å²) < 4.78 is 17.1. The monoisotopic (exact) mass is 2010 g/mol. The third-order valence-electron chi connectivity index (χ3n) is 29.2. The number of likely N-dealkylation sites (N-methyl/N-ethyl adjacent to an activating group) is 1. The SMILES string of the molecule is CCN1CCN(c2ccc3nc(-c4cc5c(C)nc(C)cn5n4)cc(=O)n3c2)CC1.Cc1cn2nc(-c3cc(=O)n4cc(C5=CCNCC5)ccc4n3)cc2c(C)n1.Cc1cn2nc(-c3cc(=O)n4cc(N5CCC(N(C)C)CC5)ccc4n3)cc2c(C)n1.Cc1cn2nc(-c3cc(=O)n4cc(N5CCN(C6CC6)CC5)ccc4n3)cc2c(C)n1.Cc1cn2nc(-c3cc(=O)n4cc(N5CCNC(C)(C)C5)ccc4n3)cc2c(C)n1. The van der Waals surface area contributed by atoms with Crippen LogP contribution in [0.4, 0.5) is 22.7 Å². The van der Waals surface area contributed by atoms with Crippen molar-refractivity contribution < 1.29 is 0 Å². The van der Waals surface area contributed by atoms with Gasteiger partial charge in [0.2, 0.25) is 0 Å². The number of aryl methyl sites for hydroxylation is 10. The molecule has 0 aromatic carbocycles. The second kappa shape index (κ2) is 40.4. The Morgan fingerprint density at radius 2 is 0.647 bits per heavy atom. The minimum Gasteiger partial charge on any atom is -0.370 e. The van der Waals surface area contributed by atoms with Gasteiger partial charge in [-0.15, -0.1) is 0 Å². The van der Waals surface area contributed by atoms with Gasteiger partial charge in [0.1, 0.15) is 56.7 Å². The van der Waals surface area contributed by atoms with Crippen LogP contribution in [0.25, 0.3) is 118 Å². The number of hydrogen-bond donors (Lipinski definition) is 2. The molecule has 0 bridgehead atoms.